The third-order valence-corrected chi connectivity index (χ3v) is 3.99. The van der Waals surface area contributed by atoms with Crippen molar-refractivity contribution in [3.05, 3.63) is 21.3 Å². The van der Waals surface area contributed by atoms with Gasteiger partial charge < -0.3 is 5.32 Å². The van der Waals surface area contributed by atoms with Crippen molar-refractivity contribution >= 4 is 22.9 Å². The van der Waals surface area contributed by atoms with Crippen molar-refractivity contribution in [3.63, 3.8) is 0 Å². The molecule has 1 unspecified atom stereocenters. The fourth-order valence-corrected chi connectivity index (χ4v) is 3.08. The molecule has 0 radical (unpaired) electrons. The van der Waals surface area contributed by atoms with E-state index in [1.807, 2.05) is 6.07 Å². The van der Waals surface area contributed by atoms with Crippen LogP contribution in [0, 0.1) is 5.92 Å². The van der Waals surface area contributed by atoms with Gasteiger partial charge in [-0.05, 0) is 58.2 Å². The van der Waals surface area contributed by atoms with E-state index in [2.05, 4.69) is 39.1 Å². The summed E-state index contributed by atoms with van der Waals surface area (Å²) in [4.78, 5) is 1.41. The molecule has 98 valence electrons. The summed E-state index contributed by atoms with van der Waals surface area (Å²) in [5.74, 6) is 0.717. The maximum atomic E-state index is 5.97. The lowest BCUT2D eigenvalue weighted by molar-refractivity contribution is 0.356. The first-order chi connectivity index (χ1) is 7.90. The topological polar surface area (TPSA) is 12.0 Å². The van der Waals surface area contributed by atoms with E-state index in [-0.39, 0.29) is 5.54 Å². The standard InChI is InChI=1S/C14H24ClNS/c1-5-6-11(10-16-14(2,3)4)9-12-7-8-13(15)17-12/h7-8,11,16H,5-6,9-10H2,1-4H3. The van der Waals surface area contributed by atoms with E-state index in [1.165, 1.54) is 17.7 Å². The lowest BCUT2D eigenvalue weighted by Gasteiger charge is -2.25. The highest BCUT2D eigenvalue weighted by molar-refractivity contribution is 7.16. The minimum absolute atomic E-state index is 0.207. The molecule has 0 bridgehead atoms. The normalized spacial score (nSPS) is 13.9. The molecule has 3 heteroatoms. The second-order valence-electron chi connectivity index (χ2n) is 5.70. The fourth-order valence-electron chi connectivity index (χ4n) is 1.88. The Hall–Kier alpha value is -0.0500. The molecule has 1 aromatic heterocycles. The van der Waals surface area contributed by atoms with Crippen LogP contribution in [0.2, 0.25) is 4.34 Å². The zero-order valence-corrected chi connectivity index (χ0v) is 12.9. The second kappa shape index (κ2) is 6.77. The third kappa shape index (κ3) is 6.44. The van der Waals surface area contributed by atoms with Gasteiger partial charge in [0, 0.05) is 10.4 Å². The minimum Gasteiger partial charge on any atom is -0.312 e. The Balaban J connectivity index is 2.48. The highest BCUT2D eigenvalue weighted by atomic mass is 35.5. The largest absolute Gasteiger partial charge is 0.312 e. The first-order valence-electron chi connectivity index (χ1n) is 6.40. The van der Waals surface area contributed by atoms with Gasteiger partial charge in [0.05, 0.1) is 4.34 Å². The Morgan fingerprint density at radius 3 is 2.53 bits per heavy atom. The minimum atomic E-state index is 0.207. The predicted molar refractivity (Wildman–Crippen MR) is 79.2 cm³/mol. The molecule has 0 amide bonds. The molecule has 17 heavy (non-hydrogen) atoms. The highest BCUT2D eigenvalue weighted by Gasteiger charge is 2.15. The van der Waals surface area contributed by atoms with Crippen LogP contribution in [0.4, 0.5) is 0 Å². The Morgan fingerprint density at radius 2 is 2.06 bits per heavy atom. The first kappa shape index (κ1) is 15.0. The van der Waals surface area contributed by atoms with Crippen LogP contribution in [0.5, 0.6) is 0 Å². The Morgan fingerprint density at radius 1 is 1.35 bits per heavy atom. The van der Waals surface area contributed by atoms with Gasteiger partial charge in [0.2, 0.25) is 0 Å². The van der Waals surface area contributed by atoms with Crippen LogP contribution in [-0.4, -0.2) is 12.1 Å². The highest BCUT2D eigenvalue weighted by Crippen LogP contribution is 2.25. The smallest absolute Gasteiger partial charge is 0.0931 e. The van der Waals surface area contributed by atoms with Crippen LogP contribution in [0.15, 0.2) is 12.1 Å². The van der Waals surface area contributed by atoms with Crippen LogP contribution < -0.4 is 5.32 Å². The number of hydrogen-bond donors (Lipinski definition) is 1. The summed E-state index contributed by atoms with van der Waals surface area (Å²) in [5, 5.41) is 3.61. The Labute approximate surface area is 115 Å². The van der Waals surface area contributed by atoms with E-state index in [1.54, 1.807) is 11.3 Å². The molecule has 1 rings (SSSR count). The van der Waals surface area contributed by atoms with Crippen molar-refractivity contribution in [2.75, 3.05) is 6.54 Å². The van der Waals surface area contributed by atoms with Gasteiger partial charge in [-0.25, -0.2) is 0 Å². The van der Waals surface area contributed by atoms with Gasteiger partial charge in [0.25, 0.3) is 0 Å². The maximum Gasteiger partial charge on any atom is 0.0931 e. The molecule has 0 saturated heterocycles. The van der Waals surface area contributed by atoms with Crippen molar-refractivity contribution in [2.45, 2.75) is 52.5 Å². The fraction of sp³-hybridized carbons (Fsp3) is 0.714. The molecule has 0 aromatic carbocycles. The summed E-state index contributed by atoms with van der Waals surface area (Å²) < 4.78 is 0.902. The van der Waals surface area contributed by atoms with Crippen molar-refractivity contribution in [1.29, 1.82) is 0 Å². The summed E-state index contributed by atoms with van der Waals surface area (Å²) >= 11 is 7.69. The van der Waals surface area contributed by atoms with Crippen LogP contribution in [0.3, 0.4) is 0 Å². The summed E-state index contributed by atoms with van der Waals surface area (Å²) in [6.07, 6.45) is 3.67. The Bertz CT molecular complexity index is 327. The molecule has 1 nitrogen and oxygen atoms in total. The van der Waals surface area contributed by atoms with Crippen molar-refractivity contribution in [3.8, 4) is 0 Å². The number of nitrogens with one attached hydrogen (secondary N) is 1. The lowest BCUT2D eigenvalue weighted by atomic mass is 9.97. The van der Waals surface area contributed by atoms with Crippen LogP contribution in [-0.2, 0) is 6.42 Å². The summed E-state index contributed by atoms with van der Waals surface area (Å²) in [5.41, 5.74) is 0.207. The Kier molecular flexibility index (Phi) is 5.98. The summed E-state index contributed by atoms with van der Waals surface area (Å²) in [7, 11) is 0. The molecule has 0 saturated carbocycles. The number of thiophene rings is 1. The molecule has 1 aromatic rings. The van der Waals surface area contributed by atoms with E-state index in [0.29, 0.717) is 5.92 Å². The molecule has 1 N–H and O–H groups in total. The van der Waals surface area contributed by atoms with Gasteiger partial charge in [0.1, 0.15) is 0 Å². The number of rotatable bonds is 6. The third-order valence-electron chi connectivity index (χ3n) is 2.74. The van der Waals surface area contributed by atoms with Gasteiger partial charge in [0.15, 0.2) is 0 Å². The maximum absolute atomic E-state index is 5.97. The van der Waals surface area contributed by atoms with Crippen molar-refractivity contribution in [2.24, 2.45) is 5.92 Å². The molecule has 0 spiro atoms. The molecular weight excluding hydrogens is 250 g/mol. The average Bonchev–Trinajstić information content (AvgIpc) is 2.60. The summed E-state index contributed by atoms with van der Waals surface area (Å²) in [6, 6.07) is 4.16. The molecule has 0 aliphatic carbocycles. The van der Waals surface area contributed by atoms with Gasteiger partial charge in [-0.1, -0.05) is 24.9 Å². The number of hydrogen-bond acceptors (Lipinski definition) is 2. The molecular formula is C14H24ClNS. The first-order valence-corrected chi connectivity index (χ1v) is 7.59. The molecule has 1 atom stereocenters. The van der Waals surface area contributed by atoms with Crippen LogP contribution in [0.25, 0.3) is 0 Å². The quantitative estimate of drug-likeness (QED) is 0.789. The van der Waals surface area contributed by atoms with Gasteiger partial charge >= 0.3 is 0 Å². The van der Waals surface area contributed by atoms with Gasteiger partial charge in [-0.15, -0.1) is 11.3 Å². The van der Waals surface area contributed by atoms with Gasteiger partial charge in [-0.3, -0.25) is 0 Å². The van der Waals surface area contributed by atoms with E-state index >= 15 is 0 Å². The van der Waals surface area contributed by atoms with E-state index < -0.39 is 0 Å². The monoisotopic (exact) mass is 273 g/mol. The molecule has 1 heterocycles. The van der Waals surface area contributed by atoms with Crippen molar-refractivity contribution < 1.29 is 0 Å². The van der Waals surface area contributed by atoms with Gasteiger partial charge in [-0.2, -0.15) is 0 Å². The average molecular weight is 274 g/mol. The SMILES string of the molecule is CCCC(CNC(C)(C)C)Cc1ccc(Cl)s1. The number of halogens is 1. The van der Waals surface area contributed by atoms with E-state index in [9.17, 15) is 0 Å². The van der Waals surface area contributed by atoms with Crippen LogP contribution in [0.1, 0.15) is 45.4 Å². The molecule has 0 fully saturated rings. The molecule has 0 aliphatic heterocycles. The zero-order valence-electron chi connectivity index (χ0n) is 11.3. The molecule has 0 aliphatic rings. The van der Waals surface area contributed by atoms with Crippen LogP contribution >= 0.6 is 22.9 Å². The van der Waals surface area contributed by atoms with E-state index in [0.717, 1.165) is 17.3 Å². The van der Waals surface area contributed by atoms with Crippen molar-refractivity contribution in [1.82, 2.24) is 5.32 Å². The predicted octanol–water partition coefficient (Wildman–Crippen LogP) is 4.75. The lowest BCUT2D eigenvalue weighted by Crippen LogP contribution is -2.39. The second-order valence-corrected chi connectivity index (χ2v) is 7.50. The zero-order chi connectivity index (χ0) is 12.9. The van der Waals surface area contributed by atoms with E-state index in [4.69, 9.17) is 11.6 Å². The summed E-state index contributed by atoms with van der Waals surface area (Å²) in [6.45, 7) is 10.0.